The normalized spacial score (nSPS) is 17.0. The van der Waals surface area contributed by atoms with Crippen molar-refractivity contribution in [3.05, 3.63) is 35.4 Å². The summed E-state index contributed by atoms with van der Waals surface area (Å²) in [6.45, 7) is 0.596. The van der Waals surface area contributed by atoms with Gasteiger partial charge in [0.25, 0.3) is 0 Å². The van der Waals surface area contributed by atoms with Crippen LogP contribution in [0.1, 0.15) is 30.4 Å². The molecule has 2 rings (SSSR count). The topological polar surface area (TPSA) is 27.6 Å². The van der Waals surface area contributed by atoms with Crippen LogP contribution in [0.15, 0.2) is 29.3 Å². The summed E-state index contributed by atoms with van der Waals surface area (Å²) in [4.78, 5) is 6.01. The third-order valence-electron chi connectivity index (χ3n) is 4.33. The summed E-state index contributed by atoms with van der Waals surface area (Å²) in [6.07, 6.45) is -1.47. The van der Waals surface area contributed by atoms with Crippen molar-refractivity contribution in [2.24, 2.45) is 4.99 Å². The maximum Gasteiger partial charge on any atom is 0.416 e. The predicted octanol–water partition coefficient (Wildman–Crippen LogP) is 3.88. The van der Waals surface area contributed by atoms with Gasteiger partial charge in [-0.3, -0.25) is 4.99 Å². The number of hydrogen-bond donors (Lipinski definition) is 1. The summed E-state index contributed by atoms with van der Waals surface area (Å²) >= 11 is 0. The van der Waals surface area contributed by atoms with E-state index in [2.05, 4.69) is 10.3 Å². The van der Waals surface area contributed by atoms with Crippen LogP contribution < -0.4 is 5.32 Å². The minimum atomic E-state index is -4.30. The molecule has 1 aromatic rings. The fourth-order valence-corrected chi connectivity index (χ4v) is 2.88. The lowest BCUT2D eigenvalue weighted by atomic mass is 9.64. The van der Waals surface area contributed by atoms with Crippen molar-refractivity contribution in [3.8, 4) is 0 Å². The molecule has 0 saturated heterocycles. The second kappa shape index (κ2) is 7.72. The maximum absolute atomic E-state index is 12.9. The highest BCUT2D eigenvalue weighted by atomic mass is 127. The van der Waals surface area contributed by atoms with Crippen LogP contribution in [0.2, 0.25) is 0 Å². The first-order chi connectivity index (χ1) is 10.3. The van der Waals surface area contributed by atoms with E-state index in [4.69, 9.17) is 0 Å². The maximum atomic E-state index is 12.9. The van der Waals surface area contributed by atoms with Crippen LogP contribution in [0, 0.1) is 0 Å². The Labute approximate surface area is 152 Å². The van der Waals surface area contributed by atoms with Crippen LogP contribution in [0.3, 0.4) is 0 Å². The summed E-state index contributed by atoms with van der Waals surface area (Å²) in [7, 11) is 5.46. The van der Waals surface area contributed by atoms with Crippen LogP contribution >= 0.6 is 24.0 Å². The minimum Gasteiger partial charge on any atom is -0.355 e. The fourth-order valence-electron chi connectivity index (χ4n) is 2.88. The molecule has 0 radical (unpaired) electrons. The fraction of sp³-hybridized carbons (Fsp3) is 0.562. The molecule has 0 unspecified atom stereocenters. The second-order valence-electron chi connectivity index (χ2n) is 6.01. The first-order valence-corrected chi connectivity index (χ1v) is 7.34. The Hall–Kier alpha value is -0.990. The monoisotopic (exact) mass is 441 g/mol. The molecule has 0 spiro atoms. The molecule has 0 aromatic heterocycles. The van der Waals surface area contributed by atoms with E-state index >= 15 is 0 Å². The molecule has 3 nitrogen and oxygen atoms in total. The van der Waals surface area contributed by atoms with E-state index in [1.807, 2.05) is 19.0 Å². The van der Waals surface area contributed by atoms with Gasteiger partial charge in [-0.05, 0) is 24.5 Å². The highest BCUT2D eigenvalue weighted by molar-refractivity contribution is 14.0. The lowest BCUT2D eigenvalue weighted by Gasteiger charge is -2.43. The molecule has 0 aliphatic heterocycles. The van der Waals surface area contributed by atoms with E-state index < -0.39 is 11.7 Å². The average Bonchev–Trinajstić information content (AvgIpc) is 2.40. The molecule has 1 fully saturated rings. The largest absolute Gasteiger partial charge is 0.416 e. The molecule has 23 heavy (non-hydrogen) atoms. The number of guanidine groups is 1. The van der Waals surface area contributed by atoms with Crippen molar-refractivity contribution in [2.45, 2.75) is 30.9 Å². The van der Waals surface area contributed by atoms with E-state index in [1.165, 1.54) is 12.1 Å². The zero-order valence-electron chi connectivity index (χ0n) is 13.6. The molecule has 0 atom stereocenters. The summed E-state index contributed by atoms with van der Waals surface area (Å²) in [5, 5.41) is 3.26. The molecule has 1 aliphatic carbocycles. The molecule has 130 valence electrons. The first-order valence-electron chi connectivity index (χ1n) is 7.34. The van der Waals surface area contributed by atoms with Crippen molar-refractivity contribution >= 4 is 29.9 Å². The molecule has 0 amide bonds. The summed E-state index contributed by atoms with van der Waals surface area (Å²) in [6, 6.07) is 5.72. The highest BCUT2D eigenvalue weighted by Gasteiger charge is 2.40. The van der Waals surface area contributed by atoms with E-state index in [9.17, 15) is 13.2 Å². The minimum absolute atomic E-state index is 0. The second-order valence-corrected chi connectivity index (χ2v) is 6.01. The summed E-state index contributed by atoms with van der Waals surface area (Å²) < 4.78 is 38.7. The number of rotatable bonds is 3. The first kappa shape index (κ1) is 20.1. The molecule has 1 aliphatic rings. The molecule has 0 heterocycles. The Bertz CT molecular complexity index is 552. The van der Waals surface area contributed by atoms with Crippen LogP contribution in [-0.2, 0) is 11.6 Å². The van der Waals surface area contributed by atoms with Gasteiger partial charge in [-0.1, -0.05) is 24.6 Å². The van der Waals surface area contributed by atoms with Gasteiger partial charge in [0.1, 0.15) is 0 Å². The Kier molecular flexibility index (Phi) is 6.73. The third-order valence-corrected chi connectivity index (χ3v) is 4.33. The smallest absolute Gasteiger partial charge is 0.355 e. The number of aliphatic imine (C=N–C) groups is 1. The van der Waals surface area contributed by atoms with E-state index in [0.29, 0.717) is 6.54 Å². The number of halogens is 4. The molecular formula is C16H23F3IN3. The predicted molar refractivity (Wildman–Crippen MR) is 97.4 cm³/mol. The highest BCUT2D eigenvalue weighted by Crippen LogP contribution is 2.44. The Morgan fingerprint density at radius 2 is 1.96 bits per heavy atom. The average molecular weight is 441 g/mol. The van der Waals surface area contributed by atoms with Crippen molar-refractivity contribution in [3.63, 3.8) is 0 Å². The van der Waals surface area contributed by atoms with Gasteiger partial charge in [0, 0.05) is 33.1 Å². The Balaban J connectivity index is 0.00000264. The number of hydrogen-bond acceptors (Lipinski definition) is 1. The molecule has 1 saturated carbocycles. The zero-order valence-corrected chi connectivity index (χ0v) is 15.9. The van der Waals surface area contributed by atoms with Crippen molar-refractivity contribution < 1.29 is 13.2 Å². The SMILES string of the molecule is CN=C(NCC1(c2cccc(C(F)(F)F)c2)CCC1)N(C)C.I. The zero-order chi connectivity index (χ0) is 16.4. The lowest BCUT2D eigenvalue weighted by molar-refractivity contribution is -0.137. The van der Waals surface area contributed by atoms with E-state index in [-0.39, 0.29) is 29.4 Å². The number of alkyl halides is 3. The van der Waals surface area contributed by atoms with Crippen LogP contribution in [-0.4, -0.2) is 38.5 Å². The van der Waals surface area contributed by atoms with Crippen LogP contribution in [0.5, 0.6) is 0 Å². The Morgan fingerprint density at radius 3 is 2.39 bits per heavy atom. The molecule has 1 aromatic carbocycles. The lowest BCUT2D eigenvalue weighted by Crippen LogP contribution is -2.48. The van der Waals surface area contributed by atoms with E-state index in [1.54, 1.807) is 13.1 Å². The van der Waals surface area contributed by atoms with Gasteiger partial charge in [-0.2, -0.15) is 13.2 Å². The van der Waals surface area contributed by atoms with Crippen LogP contribution in [0.4, 0.5) is 13.2 Å². The summed E-state index contributed by atoms with van der Waals surface area (Å²) in [5.74, 6) is 0.734. The van der Waals surface area contributed by atoms with Crippen LogP contribution in [0.25, 0.3) is 0 Å². The van der Waals surface area contributed by atoms with Crippen molar-refractivity contribution in [2.75, 3.05) is 27.7 Å². The van der Waals surface area contributed by atoms with Crippen molar-refractivity contribution in [1.29, 1.82) is 0 Å². The standard InChI is InChI=1S/C16H22F3N3.HI/c1-20-14(22(2)3)21-11-15(8-5-9-15)12-6-4-7-13(10-12)16(17,18)19;/h4,6-7,10H,5,8-9,11H2,1-3H3,(H,20,21);1H. The van der Waals surface area contributed by atoms with Gasteiger partial charge in [-0.15, -0.1) is 24.0 Å². The number of nitrogens with one attached hydrogen (secondary N) is 1. The van der Waals surface area contributed by atoms with Gasteiger partial charge in [-0.25, -0.2) is 0 Å². The number of benzene rings is 1. The molecule has 7 heteroatoms. The number of nitrogens with zero attached hydrogens (tertiary/aromatic N) is 2. The molecule has 0 bridgehead atoms. The van der Waals surface area contributed by atoms with E-state index in [0.717, 1.165) is 36.9 Å². The van der Waals surface area contributed by atoms with Gasteiger partial charge < -0.3 is 10.2 Å². The van der Waals surface area contributed by atoms with Crippen molar-refractivity contribution in [1.82, 2.24) is 10.2 Å². The van der Waals surface area contributed by atoms with Gasteiger partial charge >= 0.3 is 6.18 Å². The van der Waals surface area contributed by atoms with Gasteiger partial charge in [0.2, 0.25) is 0 Å². The molecular weight excluding hydrogens is 418 g/mol. The van der Waals surface area contributed by atoms with Gasteiger partial charge in [0.05, 0.1) is 5.56 Å². The van der Waals surface area contributed by atoms with Gasteiger partial charge in [0.15, 0.2) is 5.96 Å². The quantitative estimate of drug-likeness (QED) is 0.438. The molecule has 1 N–H and O–H groups in total. The Morgan fingerprint density at radius 1 is 1.30 bits per heavy atom. The third kappa shape index (κ3) is 4.51. The summed E-state index contributed by atoms with van der Waals surface area (Å²) in [5.41, 5.74) is -0.0451.